The van der Waals surface area contributed by atoms with E-state index in [1.165, 1.54) is 18.2 Å². The SMILES string of the molecule is COc1cc(CC(=O)c2cccc(C(F)F)n2)cn2cc(CC3CCOCC3)nc12. The molecule has 0 aliphatic carbocycles. The molecule has 0 atom stereocenters. The van der Waals surface area contributed by atoms with Crippen molar-refractivity contribution in [3.8, 4) is 5.75 Å². The topological polar surface area (TPSA) is 65.7 Å². The van der Waals surface area contributed by atoms with Gasteiger partial charge in [0.2, 0.25) is 0 Å². The Morgan fingerprint density at radius 1 is 1.27 bits per heavy atom. The Kier molecular flexibility index (Phi) is 6.03. The highest BCUT2D eigenvalue weighted by molar-refractivity contribution is 5.95. The number of ether oxygens (including phenoxy) is 2. The number of hydrogen-bond donors (Lipinski definition) is 0. The average molecular weight is 415 g/mol. The minimum absolute atomic E-state index is 0.0256. The molecule has 8 heteroatoms. The lowest BCUT2D eigenvalue weighted by atomic mass is 9.95. The van der Waals surface area contributed by atoms with Crippen molar-refractivity contribution >= 4 is 11.4 Å². The largest absolute Gasteiger partial charge is 0.493 e. The van der Waals surface area contributed by atoms with Crippen LogP contribution < -0.4 is 4.74 Å². The van der Waals surface area contributed by atoms with Gasteiger partial charge in [0, 0.05) is 32.0 Å². The van der Waals surface area contributed by atoms with E-state index in [0.29, 0.717) is 22.9 Å². The summed E-state index contributed by atoms with van der Waals surface area (Å²) in [6, 6.07) is 5.84. The van der Waals surface area contributed by atoms with Gasteiger partial charge < -0.3 is 13.9 Å². The molecule has 0 unspecified atom stereocenters. The predicted molar refractivity (Wildman–Crippen MR) is 106 cm³/mol. The van der Waals surface area contributed by atoms with Crippen LogP contribution >= 0.6 is 0 Å². The third-order valence-corrected chi connectivity index (χ3v) is 5.33. The number of halogens is 2. The van der Waals surface area contributed by atoms with E-state index < -0.39 is 12.1 Å². The van der Waals surface area contributed by atoms with E-state index in [1.807, 2.05) is 16.8 Å². The van der Waals surface area contributed by atoms with Gasteiger partial charge in [-0.2, -0.15) is 0 Å². The summed E-state index contributed by atoms with van der Waals surface area (Å²) in [5.41, 5.74) is 1.98. The number of hydrogen-bond acceptors (Lipinski definition) is 5. The van der Waals surface area contributed by atoms with Crippen LogP contribution in [0.15, 0.2) is 36.7 Å². The van der Waals surface area contributed by atoms with Crippen LogP contribution in [0.25, 0.3) is 5.65 Å². The Hall–Kier alpha value is -2.87. The molecule has 30 heavy (non-hydrogen) atoms. The van der Waals surface area contributed by atoms with Gasteiger partial charge >= 0.3 is 0 Å². The Labute approximate surface area is 172 Å². The van der Waals surface area contributed by atoms with Gasteiger partial charge in [-0.05, 0) is 48.9 Å². The van der Waals surface area contributed by atoms with E-state index in [-0.39, 0.29) is 17.9 Å². The Morgan fingerprint density at radius 3 is 2.80 bits per heavy atom. The monoisotopic (exact) mass is 415 g/mol. The number of fused-ring (bicyclic) bond motifs is 1. The first kappa shape index (κ1) is 20.4. The fourth-order valence-corrected chi connectivity index (χ4v) is 3.77. The van der Waals surface area contributed by atoms with Crippen LogP contribution in [0.2, 0.25) is 0 Å². The zero-order valence-electron chi connectivity index (χ0n) is 16.7. The summed E-state index contributed by atoms with van der Waals surface area (Å²) < 4.78 is 38.5. The number of Topliss-reactive ketones (excluding diaryl/α,β-unsaturated/α-hetero) is 1. The zero-order valence-corrected chi connectivity index (χ0v) is 16.7. The minimum atomic E-state index is -2.71. The molecule has 3 aromatic rings. The maximum Gasteiger partial charge on any atom is 0.280 e. The van der Waals surface area contributed by atoms with Crippen molar-refractivity contribution in [2.24, 2.45) is 5.92 Å². The first-order chi connectivity index (χ1) is 14.5. The molecule has 0 spiro atoms. The second kappa shape index (κ2) is 8.87. The number of nitrogens with zero attached hydrogens (tertiary/aromatic N) is 3. The van der Waals surface area contributed by atoms with Crippen LogP contribution in [0.4, 0.5) is 8.78 Å². The van der Waals surface area contributed by atoms with E-state index in [0.717, 1.165) is 38.2 Å². The number of ketones is 1. The molecule has 0 bridgehead atoms. The molecule has 0 aromatic carbocycles. The van der Waals surface area contributed by atoms with E-state index in [9.17, 15) is 13.6 Å². The molecule has 1 saturated heterocycles. The van der Waals surface area contributed by atoms with E-state index in [2.05, 4.69) is 4.98 Å². The fraction of sp³-hybridized carbons (Fsp3) is 0.409. The molecule has 1 aliphatic rings. The van der Waals surface area contributed by atoms with Gasteiger partial charge in [0.25, 0.3) is 6.43 Å². The Bertz CT molecular complexity index is 1050. The van der Waals surface area contributed by atoms with Crippen molar-refractivity contribution in [1.29, 1.82) is 0 Å². The third-order valence-electron chi connectivity index (χ3n) is 5.33. The average Bonchev–Trinajstić information content (AvgIpc) is 3.16. The molecule has 6 nitrogen and oxygen atoms in total. The number of pyridine rings is 2. The van der Waals surface area contributed by atoms with Crippen molar-refractivity contribution in [3.05, 3.63) is 59.3 Å². The van der Waals surface area contributed by atoms with Crippen molar-refractivity contribution in [2.75, 3.05) is 20.3 Å². The molecule has 0 saturated carbocycles. The molecule has 0 amide bonds. The quantitative estimate of drug-likeness (QED) is 0.544. The van der Waals surface area contributed by atoms with Crippen molar-refractivity contribution in [2.45, 2.75) is 32.1 Å². The summed E-state index contributed by atoms with van der Waals surface area (Å²) in [6.07, 6.45) is 4.01. The number of aromatic nitrogens is 3. The molecule has 4 rings (SSSR count). The van der Waals surface area contributed by atoms with Gasteiger partial charge in [-0.15, -0.1) is 0 Å². The van der Waals surface area contributed by atoms with Crippen LogP contribution in [-0.2, 0) is 17.6 Å². The molecule has 1 aliphatic heterocycles. The highest BCUT2D eigenvalue weighted by Gasteiger charge is 2.18. The van der Waals surface area contributed by atoms with Gasteiger partial charge in [-0.1, -0.05) is 6.07 Å². The van der Waals surface area contributed by atoms with E-state index in [4.69, 9.17) is 14.5 Å². The third kappa shape index (κ3) is 4.48. The lowest BCUT2D eigenvalue weighted by molar-refractivity contribution is 0.0663. The Morgan fingerprint density at radius 2 is 2.07 bits per heavy atom. The highest BCUT2D eigenvalue weighted by atomic mass is 19.3. The number of rotatable bonds is 7. The predicted octanol–water partition coefficient (Wildman–Crippen LogP) is 4.07. The second-order valence-electron chi connectivity index (χ2n) is 7.49. The van der Waals surface area contributed by atoms with Crippen LogP contribution in [-0.4, -0.2) is 40.5 Å². The van der Waals surface area contributed by atoms with Gasteiger partial charge in [0.1, 0.15) is 11.4 Å². The first-order valence-electron chi connectivity index (χ1n) is 9.94. The summed E-state index contributed by atoms with van der Waals surface area (Å²) >= 11 is 0. The van der Waals surface area contributed by atoms with E-state index >= 15 is 0 Å². The van der Waals surface area contributed by atoms with E-state index in [1.54, 1.807) is 13.2 Å². The summed E-state index contributed by atoms with van der Waals surface area (Å²) in [5.74, 6) is 0.776. The second-order valence-corrected chi connectivity index (χ2v) is 7.49. The number of carbonyl (C=O) groups is 1. The molecule has 4 heterocycles. The smallest absolute Gasteiger partial charge is 0.280 e. The minimum Gasteiger partial charge on any atom is -0.493 e. The molecule has 158 valence electrons. The maximum absolute atomic E-state index is 12.9. The highest BCUT2D eigenvalue weighted by Crippen LogP contribution is 2.25. The number of methoxy groups -OCH3 is 1. The van der Waals surface area contributed by atoms with Gasteiger partial charge in [0.15, 0.2) is 17.2 Å². The normalized spacial score (nSPS) is 15.1. The van der Waals surface area contributed by atoms with Crippen LogP contribution in [0, 0.1) is 5.92 Å². The van der Waals surface area contributed by atoms with Gasteiger partial charge in [-0.25, -0.2) is 18.7 Å². The van der Waals surface area contributed by atoms with Crippen LogP contribution in [0.1, 0.15) is 46.7 Å². The zero-order chi connectivity index (χ0) is 21.1. The Balaban J connectivity index is 1.56. The standard InChI is InChI=1S/C22H23F2N3O3/c1-29-20-11-15(10-19(28)17-3-2-4-18(26-17)21(23)24)12-27-13-16(25-22(20)27)9-14-5-7-30-8-6-14/h2-4,11-14,21H,5-10H2,1H3. The van der Waals surface area contributed by atoms with Crippen molar-refractivity contribution < 1.29 is 23.0 Å². The number of imidazole rings is 1. The first-order valence-corrected chi connectivity index (χ1v) is 9.94. The van der Waals surface area contributed by atoms with Crippen molar-refractivity contribution in [1.82, 2.24) is 14.4 Å². The molecular formula is C22H23F2N3O3. The van der Waals surface area contributed by atoms with Gasteiger partial charge in [-0.3, -0.25) is 4.79 Å². The lowest BCUT2D eigenvalue weighted by Gasteiger charge is -2.20. The molecular weight excluding hydrogens is 392 g/mol. The number of alkyl halides is 2. The summed E-state index contributed by atoms with van der Waals surface area (Å²) in [5, 5.41) is 0. The molecule has 0 radical (unpaired) electrons. The van der Waals surface area contributed by atoms with Crippen LogP contribution in [0.5, 0.6) is 5.75 Å². The summed E-state index contributed by atoms with van der Waals surface area (Å²) in [7, 11) is 1.56. The molecule has 0 N–H and O–H groups in total. The van der Waals surface area contributed by atoms with Crippen molar-refractivity contribution in [3.63, 3.8) is 0 Å². The fourth-order valence-electron chi connectivity index (χ4n) is 3.77. The summed E-state index contributed by atoms with van der Waals surface area (Å²) in [6.45, 7) is 1.57. The molecule has 1 fully saturated rings. The van der Waals surface area contributed by atoms with Crippen LogP contribution in [0.3, 0.4) is 0 Å². The number of carbonyl (C=O) groups excluding carboxylic acids is 1. The summed E-state index contributed by atoms with van der Waals surface area (Å²) in [4.78, 5) is 21.1. The van der Waals surface area contributed by atoms with Gasteiger partial charge in [0.05, 0.1) is 12.8 Å². The maximum atomic E-state index is 12.9. The lowest BCUT2D eigenvalue weighted by Crippen LogP contribution is -2.17. The molecule has 3 aromatic heterocycles.